The molecule has 2 N–H and O–H groups in total. The highest BCUT2D eigenvalue weighted by Gasteiger charge is 2.39. The van der Waals surface area contributed by atoms with Crippen molar-refractivity contribution in [2.24, 2.45) is 5.73 Å². The summed E-state index contributed by atoms with van der Waals surface area (Å²) in [5, 5.41) is 0. The molecule has 2 aliphatic rings. The van der Waals surface area contributed by atoms with Gasteiger partial charge in [-0.15, -0.1) is 12.4 Å². The number of piperidine rings is 1. The second-order valence-corrected chi connectivity index (χ2v) is 8.14. The number of hydrogen-bond donors (Lipinski definition) is 1. The van der Waals surface area contributed by atoms with Gasteiger partial charge >= 0.3 is 0 Å². The minimum atomic E-state index is -3.42. The van der Waals surface area contributed by atoms with Crippen molar-refractivity contribution in [1.29, 1.82) is 0 Å². The van der Waals surface area contributed by atoms with Crippen LogP contribution in [-0.4, -0.2) is 62.5 Å². The number of hydrogen-bond acceptors (Lipinski definition) is 4. The SMILES string of the molecule is COC1CCN(S(=O)(=O)N(C)C2CCCCC2)C(CN)C1.Cl. The fourth-order valence-electron chi connectivity index (χ4n) is 3.52. The van der Waals surface area contributed by atoms with Gasteiger partial charge in [0.05, 0.1) is 6.10 Å². The van der Waals surface area contributed by atoms with Gasteiger partial charge in [0.25, 0.3) is 10.2 Å². The van der Waals surface area contributed by atoms with Gasteiger partial charge in [-0.3, -0.25) is 0 Å². The smallest absolute Gasteiger partial charge is 0.282 e. The molecule has 0 amide bonds. The van der Waals surface area contributed by atoms with E-state index in [-0.39, 0.29) is 30.6 Å². The zero-order valence-corrected chi connectivity index (χ0v) is 15.2. The average Bonchev–Trinajstić information content (AvgIpc) is 2.54. The molecule has 1 saturated heterocycles. The Bertz CT molecular complexity index is 429. The fourth-order valence-corrected chi connectivity index (χ4v) is 5.33. The van der Waals surface area contributed by atoms with E-state index in [1.54, 1.807) is 22.8 Å². The highest BCUT2D eigenvalue weighted by molar-refractivity contribution is 7.86. The van der Waals surface area contributed by atoms with Gasteiger partial charge < -0.3 is 10.5 Å². The first-order chi connectivity index (χ1) is 10.0. The van der Waals surface area contributed by atoms with Crippen LogP contribution in [0.2, 0.25) is 0 Å². The van der Waals surface area contributed by atoms with Crippen molar-refractivity contribution in [3.8, 4) is 0 Å². The largest absolute Gasteiger partial charge is 0.381 e. The lowest BCUT2D eigenvalue weighted by Gasteiger charge is -2.41. The number of methoxy groups -OCH3 is 1. The van der Waals surface area contributed by atoms with Crippen molar-refractivity contribution < 1.29 is 13.2 Å². The molecule has 2 fully saturated rings. The topological polar surface area (TPSA) is 75.9 Å². The molecule has 1 aliphatic heterocycles. The summed E-state index contributed by atoms with van der Waals surface area (Å²) in [6, 6.07) is -0.0120. The quantitative estimate of drug-likeness (QED) is 0.807. The molecule has 1 heterocycles. The number of nitrogens with two attached hydrogens (primary N) is 1. The van der Waals surface area contributed by atoms with Crippen LogP contribution in [0.3, 0.4) is 0 Å². The molecule has 2 unspecified atom stereocenters. The molecule has 8 heteroatoms. The Hall–Kier alpha value is 0.0800. The maximum atomic E-state index is 12.9. The Morgan fingerprint density at radius 2 is 1.86 bits per heavy atom. The van der Waals surface area contributed by atoms with Gasteiger partial charge in [-0.1, -0.05) is 19.3 Å². The van der Waals surface area contributed by atoms with Crippen LogP contribution in [0.15, 0.2) is 0 Å². The zero-order valence-electron chi connectivity index (χ0n) is 13.6. The summed E-state index contributed by atoms with van der Waals surface area (Å²) in [6.07, 6.45) is 6.94. The Labute approximate surface area is 140 Å². The maximum absolute atomic E-state index is 12.9. The number of ether oxygens (including phenoxy) is 1. The predicted molar refractivity (Wildman–Crippen MR) is 90.4 cm³/mol. The van der Waals surface area contributed by atoms with E-state index >= 15 is 0 Å². The molecule has 0 aromatic carbocycles. The van der Waals surface area contributed by atoms with Crippen LogP contribution in [0.1, 0.15) is 44.9 Å². The summed E-state index contributed by atoms with van der Waals surface area (Å²) in [5.74, 6) is 0. The molecule has 22 heavy (non-hydrogen) atoms. The summed E-state index contributed by atoms with van der Waals surface area (Å²) < 4.78 is 34.4. The molecule has 6 nitrogen and oxygen atoms in total. The summed E-state index contributed by atoms with van der Waals surface area (Å²) in [4.78, 5) is 0. The Kier molecular flexibility index (Phi) is 8.05. The lowest BCUT2D eigenvalue weighted by Crippen LogP contribution is -2.56. The molecule has 0 aromatic heterocycles. The van der Waals surface area contributed by atoms with Crippen molar-refractivity contribution in [1.82, 2.24) is 8.61 Å². The molecule has 0 radical (unpaired) electrons. The third-order valence-electron chi connectivity index (χ3n) is 4.97. The van der Waals surface area contributed by atoms with E-state index in [2.05, 4.69) is 0 Å². The van der Waals surface area contributed by atoms with Crippen LogP contribution in [0, 0.1) is 0 Å². The molecule has 132 valence electrons. The first-order valence-electron chi connectivity index (χ1n) is 7.98. The van der Waals surface area contributed by atoms with Gasteiger partial charge in [0, 0.05) is 39.3 Å². The van der Waals surface area contributed by atoms with E-state index in [1.165, 1.54) is 6.42 Å². The Morgan fingerprint density at radius 1 is 1.23 bits per heavy atom. The minimum Gasteiger partial charge on any atom is -0.381 e. The van der Waals surface area contributed by atoms with E-state index in [0.29, 0.717) is 19.5 Å². The molecular formula is C14H30ClN3O3S. The van der Waals surface area contributed by atoms with E-state index in [1.807, 2.05) is 0 Å². The predicted octanol–water partition coefficient (Wildman–Crippen LogP) is 1.36. The molecule has 1 aliphatic carbocycles. The average molecular weight is 356 g/mol. The highest BCUT2D eigenvalue weighted by atomic mass is 35.5. The monoisotopic (exact) mass is 355 g/mol. The van der Waals surface area contributed by atoms with Crippen LogP contribution in [-0.2, 0) is 14.9 Å². The Morgan fingerprint density at radius 3 is 2.41 bits per heavy atom. The first kappa shape index (κ1) is 20.1. The molecule has 0 spiro atoms. The van der Waals surface area contributed by atoms with E-state index in [0.717, 1.165) is 32.1 Å². The van der Waals surface area contributed by atoms with Crippen molar-refractivity contribution in [3.63, 3.8) is 0 Å². The molecule has 0 bridgehead atoms. The van der Waals surface area contributed by atoms with Crippen molar-refractivity contribution in [2.45, 2.75) is 63.1 Å². The van der Waals surface area contributed by atoms with Gasteiger partial charge in [-0.25, -0.2) is 0 Å². The van der Waals surface area contributed by atoms with E-state index < -0.39 is 10.2 Å². The van der Waals surface area contributed by atoms with Crippen molar-refractivity contribution >= 4 is 22.6 Å². The fraction of sp³-hybridized carbons (Fsp3) is 1.00. The normalized spacial score (nSPS) is 28.5. The lowest BCUT2D eigenvalue weighted by atomic mass is 9.96. The second kappa shape index (κ2) is 8.80. The van der Waals surface area contributed by atoms with E-state index in [4.69, 9.17) is 10.5 Å². The number of halogens is 1. The third-order valence-corrected chi connectivity index (χ3v) is 7.07. The first-order valence-corrected chi connectivity index (χ1v) is 9.38. The van der Waals surface area contributed by atoms with Crippen molar-refractivity contribution in [3.05, 3.63) is 0 Å². The number of rotatable bonds is 5. The summed E-state index contributed by atoms with van der Waals surface area (Å²) >= 11 is 0. The van der Waals surface area contributed by atoms with Crippen LogP contribution in [0.25, 0.3) is 0 Å². The third kappa shape index (κ3) is 4.33. The molecule has 0 aromatic rings. The van der Waals surface area contributed by atoms with Crippen LogP contribution < -0.4 is 5.73 Å². The minimum absolute atomic E-state index is 0. The summed E-state index contributed by atoms with van der Waals surface area (Å²) in [6.45, 7) is 0.845. The molecule has 1 saturated carbocycles. The molecule has 2 rings (SSSR count). The van der Waals surface area contributed by atoms with Gasteiger partial charge in [-0.05, 0) is 25.7 Å². The van der Waals surface area contributed by atoms with E-state index in [9.17, 15) is 8.42 Å². The second-order valence-electron chi connectivity index (χ2n) is 6.20. The molecule has 2 atom stereocenters. The highest BCUT2D eigenvalue weighted by Crippen LogP contribution is 2.28. The van der Waals surface area contributed by atoms with Gasteiger partial charge in [0.2, 0.25) is 0 Å². The summed E-state index contributed by atoms with van der Waals surface area (Å²) in [5.41, 5.74) is 5.81. The van der Waals surface area contributed by atoms with Gasteiger partial charge in [0.15, 0.2) is 0 Å². The maximum Gasteiger partial charge on any atom is 0.282 e. The van der Waals surface area contributed by atoms with Crippen LogP contribution in [0.4, 0.5) is 0 Å². The standard InChI is InChI=1S/C14H29N3O3S.ClH/c1-16(12-6-4-3-5-7-12)21(18,19)17-9-8-14(20-2)10-13(17)11-15;/h12-14H,3-11,15H2,1-2H3;1H. The summed E-state index contributed by atoms with van der Waals surface area (Å²) in [7, 11) is -0.0228. The Balaban J connectivity index is 0.00000242. The molecular weight excluding hydrogens is 326 g/mol. The lowest BCUT2D eigenvalue weighted by molar-refractivity contribution is 0.0380. The number of nitrogens with zero attached hydrogens (tertiary/aromatic N) is 2. The van der Waals surface area contributed by atoms with Gasteiger partial charge in [0.1, 0.15) is 0 Å². The van der Waals surface area contributed by atoms with Gasteiger partial charge in [-0.2, -0.15) is 17.0 Å². The van der Waals surface area contributed by atoms with Crippen molar-refractivity contribution in [2.75, 3.05) is 27.2 Å². The zero-order chi connectivity index (χ0) is 15.5. The van der Waals surface area contributed by atoms with Crippen LogP contribution in [0.5, 0.6) is 0 Å². The van der Waals surface area contributed by atoms with Crippen LogP contribution >= 0.6 is 12.4 Å².